The second kappa shape index (κ2) is 17.5. The summed E-state index contributed by atoms with van der Waals surface area (Å²) in [5.74, 6) is -1.02. The molecule has 5 aromatic rings. The van der Waals surface area contributed by atoms with Crippen LogP contribution < -0.4 is 5.32 Å². The van der Waals surface area contributed by atoms with Crippen LogP contribution in [0.2, 0.25) is 0 Å². The third-order valence-electron chi connectivity index (χ3n) is 5.08. The number of halogens is 2. The molecule has 0 radical (unpaired) electrons. The minimum absolute atomic E-state index is 0.469. The lowest BCUT2D eigenvalue weighted by molar-refractivity contribution is -0.0987. The van der Waals surface area contributed by atoms with E-state index in [0.29, 0.717) is 5.56 Å². The zero-order chi connectivity index (χ0) is 29.2. The van der Waals surface area contributed by atoms with Gasteiger partial charge in [0, 0.05) is 54.4 Å². The molecule has 0 aliphatic heterocycles. The van der Waals surface area contributed by atoms with E-state index in [2.05, 4.69) is 43.5 Å². The molecule has 2 aromatic carbocycles. The Bertz CT molecular complexity index is 1430. The van der Waals surface area contributed by atoms with Crippen molar-refractivity contribution in [2.45, 2.75) is 20.8 Å². The van der Waals surface area contributed by atoms with Gasteiger partial charge in [0.05, 0.1) is 16.9 Å². The minimum Gasteiger partial charge on any atom is -0.387 e. The number of hydrogen-bond acceptors (Lipinski definition) is 7. The van der Waals surface area contributed by atoms with E-state index in [1.807, 2.05) is 58.9 Å². The fourth-order valence-corrected chi connectivity index (χ4v) is 3.28. The summed E-state index contributed by atoms with van der Waals surface area (Å²) in [5.41, 5.74) is 6.42. The highest BCUT2D eigenvalue weighted by atomic mass is 19.1. The first-order valence-corrected chi connectivity index (χ1v) is 11.8. The molecule has 0 amide bonds. The third kappa shape index (κ3) is 9.15. The molecule has 5 rings (SSSR count). The van der Waals surface area contributed by atoms with Crippen LogP contribution in [0.5, 0.6) is 0 Å². The van der Waals surface area contributed by atoms with Crippen LogP contribution in [0.4, 0.5) is 14.5 Å². The quantitative estimate of drug-likeness (QED) is 0.276. The van der Waals surface area contributed by atoms with E-state index in [4.69, 9.17) is 9.59 Å². The molecule has 0 bridgehead atoms. The fraction of sp³-hybridized carbons (Fsp3) is 0.133. The zero-order valence-corrected chi connectivity index (χ0v) is 22.4. The van der Waals surface area contributed by atoms with Gasteiger partial charge in [0.15, 0.2) is 0 Å². The van der Waals surface area contributed by atoms with Crippen molar-refractivity contribution in [1.82, 2.24) is 19.9 Å². The Morgan fingerprint density at radius 1 is 0.744 bits per heavy atom. The Morgan fingerprint density at radius 3 is 2.05 bits per heavy atom. The summed E-state index contributed by atoms with van der Waals surface area (Å²) < 4.78 is 24.4. The highest BCUT2D eigenvalue weighted by molar-refractivity contribution is 5.94. The van der Waals surface area contributed by atoms with Crippen molar-refractivity contribution < 1.29 is 18.4 Å². The molecule has 0 atom stereocenters. The van der Waals surface area contributed by atoms with Gasteiger partial charge in [0.25, 0.3) is 0 Å². The zero-order valence-electron chi connectivity index (χ0n) is 22.4. The number of aromatic nitrogens is 4. The van der Waals surface area contributed by atoms with Gasteiger partial charge in [-0.05, 0) is 54.4 Å². The largest absolute Gasteiger partial charge is 0.387 e. The lowest BCUT2D eigenvalue weighted by atomic mass is 10.0. The number of nitrogens with zero attached hydrogens (tertiary/aromatic N) is 4. The first kappa shape index (κ1) is 32.1. The summed E-state index contributed by atoms with van der Waals surface area (Å²) >= 11 is 0. The molecule has 7 nitrogen and oxygen atoms in total. The van der Waals surface area contributed by atoms with Crippen LogP contribution >= 0.6 is 0 Å². The second-order valence-corrected chi connectivity index (χ2v) is 7.30. The van der Waals surface area contributed by atoms with Gasteiger partial charge in [-0.25, -0.2) is 18.7 Å². The number of anilines is 1. The molecule has 202 valence electrons. The van der Waals surface area contributed by atoms with Gasteiger partial charge in [-0.1, -0.05) is 26.0 Å². The lowest BCUT2D eigenvalue weighted by Crippen LogP contribution is -1.92. The van der Waals surface area contributed by atoms with Crippen LogP contribution in [0.25, 0.3) is 33.3 Å². The van der Waals surface area contributed by atoms with E-state index in [0.717, 1.165) is 45.0 Å². The molecule has 0 fully saturated rings. The Hall–Kier alpha value is -4.92. The predicted octanol–water partition coefficient (Wildman–Crippen LogP) is 6.73. The second-order valence-electron chi connectivity index (χ2n) is 7.30. The summed E-state index contributed by atoms with van der Waals surface area (Å²) in [7, 11) is 1.89. The van der Waals surface area contributed by atoms with Crippen LogP contribution in [-0.2, 0) is 9.59 Å². The van der Waals surface area contributed by atoms with Crippen LogP contribution in [0.1, 0.15) is 19.4 Å². The molecule has 3 aromatic heterocycles. The van der Waals surface area contributed by atoms with Crippen molar-refractivity contribution in [3.63, 3.8) is 0 Å². The van der Waals surface area contributed by atoms with Crippen molar-refractivity contribution in [2.24, 2.45) is 0 Å². The number of pyridine rings is 2. The number of rotatable bonds is 3. The summed E-state index contributed by atoms with van der Waals surface area (Å²) in [6.45, 7) is 9.59. The highest BCUT2D eigenvalue weighted by Crippen LogP contribution is 2.30. The van der Waals surface area contributed by atoms with Crippen molar-refractivity contribution in [1.29, 1.82) is 0 Å². The Morgan fingerprint density at radius 2 is 1.44 bits per heavy atom. The minimum atomic E-state index is -0.530. The summed E-state index contributed by atoms with van der Waals surface area (Å²) in [4.78, 5) is 33.2. The van der Waals surface area contributed by atoms with Crippen molar-refractivity contribution in [2.75, 3.05) is 12.4 Å². The smallest absolute Gasteiger partial charge is 0.129 e. The van der Waals surface area contributed by atoms with E-state index in [-0.39, 0.29) is 0 Å². The highest BCUT2D eigenvalue weighted by Gasteiger charge is 2.08. The van der Waals surface area contributed by atoms with E-state index in [1.165, 1.54) is 12.1 Å². The first-order valence-electron chi connectivity index (χ1n) is 11.8. The maximum absolute atomic E-state index is 12.3. The predicted molar refractivity (Wildman–Crippen MR) is 152 cm³/mol. The number of benzene rings is 2. The average molecular weight is 532 g/mol. The molecular weight excluding hydrogens is 500 g/mol. The SMILES string of the molecule is C=O.C=O.CC.CNc1cncc(-c2ccc3ncnc(-c4ccncc4)c3c2)c1.Cc1ccc(F)cc1F. The van der Waals surface area contributed by atoms with Crippen molar-refractivity contribution >= 4 is 30.2 Å². The maximum Gasteiger partial charge on any atom is 0.129 e. The van der Waals surface area contributed by atoms with Crippen LogP contribution in [0.15, 0.2) is 85.7 Å². The first-order chi connectivity index (χ1) is 19.0. The average Bonchev–Trinajstić information content (AvgIpc) is 3.02. The molecule has 9 heteroatoms. The van der Waals surface area contributed by atoms with Gasteiger partial charge in [0.1, 0.15) is 31.5 Å². The molecule has 0 aliphatic rings. The molecule has 1 N–H and O–H groups in total. The third-order valence-corrected chi connectivity index (χ3v) is 5.08. The number of carbonyl (C=O) groups excluding carboxylic acids is 2. The number of carbonyl (C=O) groups is 2. The lowest BCUT2D eigenvalue weighted by Gasteiger charge is -2.08. The van der Waals surface area contributed by atoms with Gasteiger partial charge >= 0.3 is 0 Å². The van der Waals surface area contributed by atoms with Gasteiger partial charge < -0.3 is 14.9 Å². The molecular formula is C30H31F2N5O2. The summed E-state index contributed by atoms with van der Waals surface area (Å²) in [6, 6.07) is 15.7. The van der Waals surface area contributed by atoms with Crippen LogP contribution in [0, 0.1) is 18.6 Å². The molecule has 0 aliphatic carbocycles. The summed E-state index contributed by atoms with van der Waals surface area (Å²) in [6.07, 6.45) is 8.80. The standard InChI is InChI=1S/C19H15N5.C7H6F2.C2H6.2CH2O/c1-20-16-8-15(10-22-11-16)14-2-3-18-17(9-14)19(24-12-23-18)13-4-6-21-7-5-13;1-5-2-3-6(8)4-7(5)9;3*1-2/h2-12,20H,1H3;2-4H,1H3;1-2H3;2*1H2. The van der Waals surface area contributed by atoms with Crippen LogP contribution in [0.3, 0.4) is 0 Å². The number of fused-ring (bicyclic) bond motifs is 1. The van der Waals surface area contributed by atoms with E-state index >= 15 is 0 Å². The van der Waals surface area contributed by atoms with Crippen molar-refractivity contribution in [3.8, 4) is 22.4 Å². The normalized spacial score (nSPS) is 9.18. The molecule has 0 saturated carbocycles. The molecule has 0 unspecified atom stereocenters. The molecule has 39 heavy (non-hydrogen) atoms. The van der Waals surface area contributed by atoms with E-state index < -0.39 is 11.6 Å². The van der Waals surface area contributed by atoms with Gasteiger partial charge in [-0.2, -0.15) is 0 Å². The van der Waals surface area contributed by atoms with Crippen molar-refractivity contribution in [3.05, 3.63) is 103 Å². The fourth-order valence-electron chi connectivity index (χ4n) is 3.28. The number of hydrogen-bond donors (Lipinski definition) is 1. The van der Waals surface area contributed by atoms with Crippen LogP contribution in [-0.4, -0.2) is 40.6 Å². The van der Waals surface area contributed by atoms with E-state index in [9.17, 15) is 8.78 Å². The Kier molecular flexibility index (Phi) is 14.4. The molecule has 0 saturated heterocycles. The van der Waals surface area contributed by atoms with Gasteiger partial charge in [0.2, 0.25) is 0 Å². The Labute approximate surface area is 227 Å². The van der Waals surface area contributed by atoms with E-state index in [1.54, 1.807) is 31.8 Å². The summed E-state index contributed by atoms with van der Waals surface area (Å²) in [5, 5.41) is 4.13. The topological polar surface area (TPSA) is 97.7 Å². The monoisotopic (exact) mass is 531 g/mol. The number of nitrogens with one attached hydrogen (secondary N) is 1. The number of aryl methyl sites for hydroxylation is 1. The molecule has 0 spiro atoms. The Balaban J connectivity index is 0.000000425. The maximum atomic E-state index is 12.3. The van der Waals surface area contributed by atoms with Gasteiger partial charge in [-0.3, -0.25) is 9.97 Å². The van der Waals surface area contributed by atoms with Gasteiger partial charge in [-0.15, -0.1) is 0 Å². The molecule has 3 heterocycles.